The quantitative estimate of drug-likeness (QED) is 0.521. The lowest BCUT2D eigenvalue weighted by molar-refractivity contribution is 0.108. The van der Waals surface area contributed by atoms with Crippen molar-refractivity contribution in [1.82, 2.24) is 4.90 Å². The molecule has 0 aromatic heterocycles. The zero-order chi connectivity index (χ0) is 6.15. The highest BCUT2D eigenvalue weighted by Gasteiger charge is 2.26. The van der Waals surface area contributed by atoms with Gasteiger partial charge in [0, 0.05) is 12.1 Å². The number of nitrogens with zero attached hydrogens (tertiary/aromatic N) is 1. The summed E-state index contributed by atoms with van der Waals surface area (Å²) < 4.78 is 0. The van der Waals surface area contributed by atoms with Crippen LogP contribution in [0.25, 0.3) is 0 Å². The minimum Gasteiger partial charge on any atom is -0.327 e. The van der Waals surface area contributed by atoms with Gasteiger partial charge >= 0.3 is 0 Å². The molecule has 0 aromatic rings. The minimum atomic E-state index is 0.355. The molecular weight excluding hydrogens is 100 g/mol. The number of likely N-dealkylation sites (tertiary alicyclic amines) is 1. The van der Waals surface area contributed by atoms with Crippen LogP contribution in [0.1, 0.15) is 13.3 Å². The van der Waals surface area contributed by atoms with Crippen molar-refractivity contribution in [3.8, 4) is 0 Å². The van der Waals surface area contributed by atoms with Crippen LogP contribution in [0.4, 0.5) is 0 Å². The van der Waals surface area contributed by atoms with Gasteiger partial charge in [0.05, 0.1) is 0 Å². The SMILES string of the molecule is CC(N)C1CCN1C. The largest absolute Gasteiger partial charge is 0.327 e. The lowest BCUT2D eigenvalue weighted by Crippen LogP contribution is -2.53. The highest BCUT2D eigenvalue weighted by atomic mass is 15.2. The molecule has 2 unspecified atom stereocenters. The lowest BCUT2D eigenvalue weighted by Gasteiger charge is -2.40. The van der Waals surface area contributed by atoms with Crippen LogP contribution in [0.5, 0.6) is 0 Å². The smallest absolute Gasteiger partial charge is 0.0253 e. The second kappa shape index (κ2) is 2.03. The van der Waals surface area contributed by atoms with Crippen molar-refractivity contribution in [3.05, 3.63) is 0 Å². The number of hydrogen-bond acceptors (Lipinski definition) is 2. The van der Waals surface area contributed by atoms with Crippen molar-refractivity contribution >= 4 is 0 Å². The van der Waals surface area contributed by atoms with E-state index < -0.39 is 0 Å². The fourth-order valence-electron chi connectivity index (χ4n) is 1.20. The summed E-state index contributed by atoms with van der Waals surface area (Å²) in [6, 6.07) is 1.02. The Balaban J connectivity index is 2.26. The van der Waals surface area contributed by atoms with Crippen molar-refractivity contribution in [2.75, 3.05) is 13.6 Å². The molecule has 2 atom stereocenters. The fourth-order valence-corrected chi connectivity index (χ4v) is 1.20. The van der Waals surface area contributed by atoms with Gasteiger partial charge in [0.25, 0.3) is 0 Å². The Morgan fingerprint density at radius 1 is 1.75 bits per heavy atom. The predicted molar refractivity (Wildman–Crippen MR) is 34.7 cm³/mol. The maximum absolute atomic E-state index is 5.65. The molecule has 0 bridgehead atoms. The van der Waals surface area contributed by atoms with E-state index in [1.165, 1.54) is 13.0 Å². The minimum absolute atomic E-state index is 0.355. The summed E-state index contributed by atoms with van der Waals surface area (Å²) in [5.41, 5.74) is 5.65. The van der Waals surface area contributed by atoms with Crippen molar-refractivity contribution in [2.24, 2.45) is 5.73 Å². The van der Waals surface area contributed by atoms with E-state index in [0.717, 1.165) is 0 Å². The third-order valence-electron chi connectivity index (χ3n) is 1.95. The molecule has 1 aliphatic rings. The molecular formula is C6H14N2. The molecule has 48 valence electrons. The molecule has 2 heteroatoms. The first-order valence-corrected chi connectivity index (χ1v) is 3.17. The van der Waals surface area contributed by atoms with Crippen LogP contribution in [0, 0.1) is 0 Å². The van der Waals surface area contributed by atoms with Gasteiger partial charge in [-0.25, -0.2) is 0 Å². The molecule has 2 nitrogen and oxygen atoms in total. The standard InChI is InChI=1S/C6H14N2/c1-5(7)6-3-4-8(6)2/h5-6H,3-4,7H2,1-2H3. The summed E-state index contributed by atoms with van der Waals surface area (Å²) in [6.45, 7) is 3.30. The van der Waals surface area contributed by atoms with Gasteiger partial charge in [0.2, 0.25) is 0 Å². The van der Waals surface area contributed by atoms with Gasteiger partial charge < -0.3 is 10.6 Å². The average Bonchev–Trinajstić information content (AvgIpc) is 1.61. The Morgan fingerprint density at radius 3 is 2.38 bits per heavy atom. The zero-order valence-corrected chi connectivity index (χ0v) is 5.59. The van der Waals surface area contributed by atoms with E-state index in [9.17, 15) is 0 Å². The Morgan fingerprint density at radius 2 is 2.38 bits per heavy atom. The van der Waals surface area contributed by atoms with Crippen molar-refractivity contribution in [3.63, 3.8) is 0 Å². The molecule has 1 fully saturated rings. The maximum atomic E-state index is 5.65. The molecule has 0 amide bonds. The summed E-state index contributed by atoms with van der Waals surface area (Å²) in [5.74, 6) is 0. The lowest BCUT2D eigenvalue weighted by atomic mass is 9.98. The number of hydrogen-bond donors (Lipinski definition) is 1. The summed E-state index contributed by atoms with van der Waals surface area (Å²) in [7, 11) is 2.12. The van der Waals surface area contributed by atoms with Crippen LogP contribution in [0.15, 0.2) is 0 Å². The molecule has 0 aromatic carbocycles. The molecule has 0 radical (unpaired) electrons. The molecule has 0 aliphatic carbocycles. The average molecular weight is 114 g/mol. The third kappa shape index (κ3) is 0.858. The van der Waals surface area contributed by atoms with Crippen LogP contribution in [-0.2, 0) is 0 Å². The van der Waals surface area contributed by atoms with Crippen molar-refractivity contribution in [2.45, 2.75) is 25.4 Å². The van der Waals surface area contributed by atoms with Gasteiger partial charge in [-0.05, 0) is 26.9 Å². The van der Waals surface area contributed by atoms with Crippen LogP contribution in [0.2, 0.25) is 0 Å². The van der Waals surface area contributed by atoms with E-state index in [-0.39, 0.29) is 0 Å². The molecule has 1 heterocycles. The summed E-state index contributed by atoms with van der Waals surface area (Å²) >= 11 is 0. The normalized spacial score (nSPS) is 34.1. The molecule has 1 aliphatic heterocycles. The van der Waals surface area contributed by atoms with Crippen LogP contribution < -0.4 is 5.73 Å². The molecule has 0 saturated carbocycles. The second-order valence-corrected chi connectivity index (χ2v) is 2.70. The van der Waals surface area contributed by atoms with E-state index in [4.69, 9.17) is 5.73 Å². The van der Waals surface area contributed by atoms with Crippen molar-refractivity contribution < 1.29 is 0 Å². The van der Waals surface area contributed by atoms with Gasteiger partial charge in [0.1, 0.15) is 0 Å². The van der Waals surface area contributed by atoms with E-state index in [2.05, 4.69) is 18.9 Å². The van der Waals surface area contributed by atoms with Gasteiger partial charge in [-0.15, -0.1) is 0 Å². The number of rotatable bonds is 1. The monoisotopic (exact) mass is 114 g/mol. The predicted octanol–water partition coefficient (Wildman–Crippen LogP) is 0.0377. The Bertz CT molecular complexity index is 75.8. The first-order chi connectivity index (χ1) is 3.72. The van der Waals surface area contributed by atoms with E-state index >= 15 is 0 Å². The van der Waals surface area contributed by atoms with Crippen LogP contribution in [0.3, 0.4) is 0 Å². The second-order valence-electron chi connectivity index (χ2n) is 2.70. The summed E-state index contributed by atoms with van der Waals surface area (Å²) in [6.07, 6.45) is 1.29. The fraction of sp³-hybridized carbons (Fsp3) is 1.00. The molecule has 2 N–H and O–H groups in total. The maximum Gasteiger partial charge on any atom is 0.0253 e. The Hall–Kier alpha value is -0.0800. The molecule has 1 saturated heterocycles. The van der Waals surface area contributed by atoms with E-state index in [0.29, 0.717) is 12.1 Å². The third-order valence-corrected chi connectivity index (χ3v) is 1.95. The van der Waals surface area contributed by atoms with Gasteiger partial charge in [0.15, 0.2) is 0 Å². The van der Waals surface area contributed by atoms with Crippen molar-refractivity contribution in [1.29, 1.82) is 0 Å². The zero-order valence-electron chi connectivity index (χ0n) is 5.59. The molecule has 0 spiro atoms. The first kappa shape index (κ1) is 6.05. The van der Waals surface area contributed by atoms with Gasteiger partial charge in [-0.3, -0.25) is 0 Å². The highest BCUT2D eigenvalue weighted by molar-refractivity contribution is 4.85. The number of likely N-dealkylation sites (N-methyl/N-ethyl adjacent to an activating group) is 1. The molecule has 8 heavy (non-hydrogen) atoms. The summed E-state index contributed by atoms with van der Waals surface area (Å²) in [5, 5.41) is 0. The highest BCUT2D eigenvalue weighted by Crippen LogP contribution is 2.15. The number of nitrogens with two attached hydrogens (primary N) is 1. The topological polar surface area (TPSA) is 29.3 Å². The molecule has 1 rings (SSSR count). The van der Waals surface area contributed by atoms with Crippen LogP contribution in [-0.4, -0.2) is 30.6 Å². The Kier molecular flexibility index (Phi) is 1.54. The van der Waals surface area contributed by atoms with Gasteiger partial charge in [-0.2, -0.15) is 0 Å². The van der Waals surface area contributed by atoms with Crippen LogP contribution >= 0.6 is 0 Å². The Labute approximate surface area is 50.7 Å². The summed E-state index contributed by atoms with van der Waals surface area (Å²) in [4.78, 5) is 2.30. The van der Waals surface area contributed by atoms with E-state index in [1.807, 2.05) is 0 Å². The first-order valence-electron chi connectivity index (χ1n) is 3.17. The van der Waals surface area contributed by atoms with Gasteiger partial charge in [-0.1, -0.05) is 0 Å². The van der Waals surface area contributed by atoms with E-state index in [1.54, 1.807) is 0 Å².